The first-order chi connectivity index (χ1) is 24.5. The van der Waals surface area contributed by atoms with Gasteiger partial charge in [0, 0.05) is 26.2 Å². The molecule has 52 heavy (non-hydrogen) atoms. The van der Waals surface area contributed by atoms with E-state index >= 15 is 0 Å². The van der Waals surface area contributed by atoms with Gasteiger partial charge in [0.1, 0.15) is 9.52 Å². The first-order valence-corrected chi connectivity index (χ1v) is 20.1. The Hall–Kier alpha value is -3.00. The van der Waals surface area contributed by atoms with Gasteiger partial charge in [-0.15, -0.1) is 23.2 Å². The molecule has 4 heteroatoms. The molecule has 0 nitrogen and oxygen atoms in total. The first-order valence-electron chi connectivity index (χ1n) is 18.3. The van der Waals surface area contributed by atoms with Crippen LogP contribution in [0, 0.1) is 11.8 Å². The smallest absolute Gasteiger partial charge is 0.114 e. The second kappa shape index (κ2) is 14.3. The van der Waals surface area contributed by atoms with Crippen molar-refractivity contribution in [1.29, 1.82) is 0 Å². The van der Waals surface area contributed by atoms with Crippen molar-refractivity contribution in [2.45, 2.75) is 63.4 Å². The van der Waals surface area contributed by atoms with Crippen molar-refractivity contribution in [3.05, 3.63) is 155 Å². The summed E-state index contributed by atoms with van der Waals surface area (Å²) in [5, 5.41) is 5.02. The van der Waals surface area contributed by atoms with Crippen molar-refractivity contribution >= 4 is 65.4 Å². The molecule has 0 N–H and O–H groups in total. The summed E-state index contributed by atoms with van der Waals surface area (Å²) in [7, 11) is 0.197. The van der Waals surface area contributed by atoms with Crippen molar-refractivity contribution in [1.82, 2.24) is 0 Å². The molecule has 2 radical (unpaired) electrons. The van der Waals surface area contributed by atoms with Crippen LogP contribution in [0.4, 0.5) is 0 Å². The summed E-state index contributed by atoms with van der Waals surface area (Å²) in [5.41, 5.74) is 15.2. The zero-order chi connectivity index (χ0) is 35.7. The van der Waals surface area contributed by atoms with E-state index in [1.165, 1.54) is 88.3 Å². The molecule has 0 amide bonds. The maximum absolute atomic E-state index is 8.35. The van der Waals surface area contributed by atoms with E-state index in [0.717, 1.165) is 12.8 Å². The quantitative estimate of drug-likeness (QED) is 0.106. The molecular formula is C48H44Cl2SiZr. The largest absolute Gasteiger partial charge is 0.118 e. The molecule has 8 rings (SSSR count). The van der Waals surface area contributed by atoms with Crippen LogP contribution < -0.4 is 0 Å². The van der Waals surface area contributed by atoms with Crippen LogP contribution >= 0.6 is 23.2 Å². The van der Waals surface area contributed by atoms with Crippen LogP contribution in [0.3, 0.4) is 0 Å². The van der Waals surface area contributed by atoms with Gasteiger partial charge >= 0.3 is 0 Å². The summed E-state index contributed by atoms with van der Waals surface area (Å²) < 4.78 is -1.49. The Morgan fingerprint density at radius 1 is 0.481 bits per heavy atom. The van der Waals surface area contributed by atoms with Crippen LogP contribution in [0.5, 0.6) is 0 Å². The molecule has 0 spiro atoms. The maximum atomic E-state index is 8.35. The molecule has 0 fully saturated rings. The number of benzene rings is 6. The maximum Gasteiger partial charge on any atom is 0.118 e. The fourth-order valence-corrected chi connectivity index (χ4v) is 12.7. The number of alkyl halides is 2. The number of rotatable bonds is 8. The molecule has 0 aromatic heterocycles. The van der Waals surface area contributed by atoms with Gasteiger partial charge in [0.15, 0.2) is 0 Å². The summed E-state index contributed by atoms with van der Waals surface area (Å²) >= 11 is 16.7. The van der Waals surface area contributed by atoms with Gasteiger partial charge in [0.25, 0.3) is 0 Å². The monoisotopic (exact) mass is 808 g/mol. The van der Waals surface area contributed by atoms with E-state index in [2.05, 4.69) is 163 Å². The minimum absolute atomic E-state index is 0. The van der Waals surface area contributed by atoms with Gasteiger partial charge in [0.2, 0.25) is 0 Å². The third kappa shape index (κ3) is 5.98. The van der Waals surface area contributed by atoms with E-state index in [9.17, 15) is 0 Å². The number of hydrogen-bond acceptors (Lipinski definition) is 0. The van der Waals surface area contributed by atoms with Gasteiger partial charge in [-0.05, 0) is 127 Å². The topological polar surface area (TPSA) is 0 Å². The molecule has 0 saturated heterocycles. The third-order valence-corrected chi connectivity index (χ3v) is 14.3. The predicted molar refractivity (Wildman–Crippen MR) is 224 cm³/mol. The van der Waals surface area contributed by atoms with Crippen LogP contribution in [0.2, 0.25) is 0 Å². The van der Waals surface area contributed by atoms with Gasteiger partial charge in [-0.25, -0.2) is 0 Å². The Bertz CT molecular complexity index is 2240. The average molecular weight is 811 g/mol. The molecule has 0 saturated carbocycles. The molecule has 0 aliphatic heterocycles. The van der Waals surface area contributed by atoms with Gasteiger partial charge in [-0.3, -0.25) is 0 Å². The SMILES string of the molecule is CC1=C(CC(C)C)C(Cl)([Si]C2(Cl)C(CC(C)C)=C(C)c3c(-c4cccc5ccccc45)cccc32)c2cccc(-c3cccc4ccccc34)c21.[Zr]. The van der Waals surface area contributed by atoms with Gasteiger partial charge in [0.05, 0.1) is 8.99 Å². The Labute approximate surface area is 341 Å². The summed E-state index contributed by atoms with van der Waals surface area (Å²) in [6.07, 6.45) is 1.84. The zero-order valence-electron chi connectivity index (χ0n) is 30.9. The fourth-order valence-electron chi connectivity index (χ4n) is 8.93. The molecule has 258 valence electrons. The Morgan fingerprint density at radius 2 is 0.827 bits per heavy atom. The second-order valence-electron chi connectivity index (χ2n) is 15.4. The van der Waals surface area contributed by atoms with Crippen LogP contribution in [-0.2, 0) is 35.2 Å². The molecule has 6 aromatic rings. The minimum Gasteiger partial charge on any atom is -0.114 e. The van der Waals surface area contributed by atoms with E-state index in [4.69, 9.17) is 23.2 Å². The minimum atomic E-state index is -0.744. The summed E-state index contributed by atoms with van der Waals surface area (Å²) in [4.78, 5) is 0. The summed E-state index contributed by atoms with van der Waals surface area (Å²) in [5.74, 6) is 0.890. The third-order valence-electron chi connectivity index (χ3n) is 11.1. The Morgan fingerprint density at radius 3 is 1.23 bits per heavy atom. The van der Waals surface area contributed by atoms with Gasteiger partial charge in [-0.2, -0.15) is 0 Å². The van der Waals surface area contributed by atoms with Crippen molar-refractivity contribution in [2.75, 3.05) is 0 Å². The molecule has 2 atom stereocenters. The predicted octanol–water partition coefficient (Wildman–Crippen LogP) is 14.2. The van der Waals surface area contributed by atoms with Crippen LogP contribution in [0.15, 0.2) is 132 Å². The summed E-state index contributed by atoms with van der Waals surface area (Å²) in [6, 6.07) is 44.3. The van der Waals surface area contributed by atoms with E-state index in [0.29, 0.717) is 11.8 Å². The van der Waals surface area contributed by atoms with Gasteiger partial charge < -0.3 is 0 Å². The molecule has 0 bridgehead atoms. The number of halogens is 2. The molecule has 0 heterocycles. The zero-order valence-corrected chi connectivity index (χ0v) is 35.8. The standard InChI is InChI=1S/C48H44Cl2Si.Zr/c1-29(2)27-43-31(5)45-39(37-21-11-17-33-15-7-9-19-35(33)37)23-13-25-41(45)47(43,49)51-48(50)42-26-14-24-40(46(42)32(6)44(48)28-30(3)4)38-22-12-18-34-16-8-10-20-36(34)38;/h7-26,29-30H,27-28H2,1-6H3;. The van der Waals surface area contributed by atoms with Crippen LogP contribution in [-0.4, -0.2) is 9.52 Å². The molecular weight excluding hydrogens is 767 g/mol. The van der Waals surface area contributed by atoms with Crippen molar-refractivity contribution < 1.29 is 26.2 Å². The first kappa shape index (κ1) is 37.3. The van der Waals surface area contributed by atoms with Crippen molar-refractivity contribution in [3.63, 3.8) is 0 Å². The van der Waals surface area contributed by atoms with Crippen molar-refractivity contribution in [3.8, 4) is 22.3 Å². The van der Waals surface area contributed by atoms with E-state index in [1.807, 2.05) is 0 Å². The average Bonchev–Trinajstić information content (AvgIpc) is 3.46. The van der Waals surface area contributed by atoms with Crippen LogP contribution in [0.25, 0.3) is 54.9 Å². The number of allylic oxidation sites excluding steroid dienone is 4. The van der Waals surface area contributed by atoms with E-state index in [1.54, 1.807) is 0 Å². The Kier molecular flexibility index (Phi) is 10.3. The molecule has 2 unspecified atom stereocenters. The molecule has 2 aliphatic rings. The fraction of sp³-hybridized carbons (Fsp3) is 0.250. The van der Waals surface area contributed by atoms with E-state index < -0.39 is 8.99 Å². The molecule has 6 aromatic carbocycles. The number of hydrogen-bond donors (Lipinski definition) is 0. The second-order valence-corrected chi connectivity index (χ2v) is 18.9. The normalized spacial score (nSPS) is 19.6. The van der Waals surface area contributed by atoms with E-state index in [-0.39, 0.29) is 35.7 Å². The number of fused-ring (bicyclic) bond motifs is 4. The Balaban J connectivity index is 0.00000420. The van der Waals surface area contributed by atoms with Crippen molar-refractivity contribution in [2.24, 2.45) is 11.8 Å². The molecule has 2 aliphatic carbocycles. The summed E-state index contributed by atoms with van der Waals surface area (Å²) in [6.45, 7) is 13.8. The van der Waals surface area contributed by atoms with Gasteiger partial charge in [-0.1, -0.05) is 149 Å². The van der Waals surface area contributed by atoms with Crippen LogP contribution in [0.1, 0.15) is 76.6 Å².